The van der Waals surface area contributed by atoms with Crippen LogP contribution in [-0.2, 0) is 17.9 Å². The number of carbonyl (C=O) groups is 1. The van der Waals surface area contributed by atoms with Crippen LogP contribution in [0.1, 0.15) is 24.0 Å². The van der Waals surface area contributed by atoms with Gasteiger partial charge < -0.3 is 15.7 Å². The predicted molar refractivity (Wildman–Crippen MR) is 77.0 cm³/mol. The van der Waals surface area contributed by atoms with Crippen molar-refractivity contribution in [1.82, 2.24) is 10.6 Å². The Hall–Kier alpha value is -1.17. The average molecular weight is 303 g/mol. The summed E-state index contributed by atoms with van der Waals surface area (Å²) in [6.07, 6.45) is 2.51. The highest BCUT2D eigenvalue weighted by Crippen LogP contribution is 2.27. The van der Waals surface area contributed by atoms with Crippen LogP contribution < -0.4 is 10.6 Å². The molecule has 0 aliphatic heterocycles. The van der Waals surface area contributed by atoms with Crippen LogP contribution in [0.5, 0.6) is 0 Å². The number of amides is 1. The molecule has 0 atom stereocenters. The maximum absolute atomic E-state index is 13.4. The number of benzene rings is 1. The largest absolute Gasteiger partial charge is 0.392 e. The van der Waals surface area contributed by atoms with E-state index in [9.17, 15) is 9.18 Å². The fourth-order valence-electron chi connectivity index (χ4n) is 1.80. The monoisotopic (exact) mass is 302 g/mol. The minimum absolute atomic E-state index is 0. The molecular formula is C14H20ClFN2O2. The molecule has 4 nitrogen and oxygen atoms in total. The smallest absolute Gasteiger partial charge is 0.234 e. The molecule has 0 saturated heterocycles. The van der Waals surface area contributed by atoms with Gasteiger partial charge in [0.05, 0.1) is 13.2 Å². The van der Waals surface area contributed by atoms with Crippen LogP contribution in [0, 0.1) is 11.7 Å². The van der Waals surface area contributed by atoms with Crippen molar-refractivity contribution < 1.29 is 14.3 Å². The Bertz CT molecular complexity index is 453. The topological polar surface area (TPSA) is 61.4 Å². The van der Waals surface area contributed by atoms with Crippen LogP contribution in [0.4, 0.5) is 4.39 Å². The summed E-state index contributed by atoms with van der Waals surface area (Å²) in [5.41, 5.74) is 0.950. The van der Waals surface area contributed by atoms with Crippen molar-refractivity contribution in [2.24, 2.45) is 5.92 Å². The summed E-state index contributed by atoms with van der Waals surface area (Å²) < 4.78 is 13.4. The van der Waals surface area contributed by atoms with E-state index in [0.29, 0.717) is 18.7 Å². The van der Waals surface area contributed by atoms with Crippen molar-refractivity contribution in [2.75, 3.05) is 13.1 Å². The van der Waals surface area contributed by atoms with E-state index < -0.39 is 5.82 Å². The third kappa shape index (κ3) is 5.45. The minimum atomic E-state index is -0.443. The second kappa shape index (κ2) is 8.19. The van der Waals surface area contributed by atoms with Crippen LogP contribution >= 0.6 is 12.4 Å². The fraction of sp³-hybridized carbons (Fsp3) is 0.500. The van der Waals surface area contributed by atoms with Gasteiger partial charge in [-0.1, -0.05) is 12.1 Å². The van der Waals surface area contributed by atoms with Crippen molar-refractivity contribution in [3.8, 4) is 0 Å². The van der Waals surface area contributed by atoms with Crippen molar-refractivity contribution >= 4 is 18.3 Å². The highest BCUT2D eigenvalue weighted by atomic mass is 35.5. The predicted octanol–water partition coefficient (Wildman–Crippen LogP) is 1.36. The number of aliphatic hydroxyl groups excluding tert-OH is 1. The molecule has 2 rings (SSSR count). The molecule has 112 valence electrons. The zero-order valence-electron chi connectivity index (χ0n) is 11.2. The van der Waals surface area contributed by atoms with E-state index in [1.807, 2.05) is 0 Å². The van der Waals surface area contributed by atoms with Gasteiger partial charge in [0.1, 0.15) is 5.82 Å². The second-order valence-electron chi connectivity index (χ2n) is 4.93. The Balaban J connectivity index is 0.00000200. The van der Waals surface area contributed by atoms with Gasteiger partial charge in [-0.25, -0.2) is 4.39 Å². The molecule has 1 aromatic carbocycles. The quantitative estimate of drug-likeness (QED) is 0.713. The number of rotatable bonds is 7. The second-order valence-corrected chi connectivity index (χ2v) is 4.93. The molecule has 1 aliphatic rings. The van der Waals surface area contributed by atoms with E-state index in [4.69, 9.17) is 5.11 Å². The minimum Gasteiger partial charge on any atom is -0.392 e. The van der Waals surface area contributed by atoms with E-state index >= 15 is 0 Å². The Morgan fingerprint density at radius 3 is 2.75 bits per heavy atom. The number of carbonyl (C=O) groups excluding carboxylic acids is 1. The molecule has 0 radical (unpaired) electrons. The summed E-state index contributed by atoms with van der Waals surface area (Å²) in [5, 5.41) is 14.7. The lowest BCUT2D eigenvalue weighted by Crippen LogP contribution is -2.34. The fourth-order valence-corrected chi connectivity index (χ4v) is 1.80. The van der Waals surface area contributed by atoms with Crippen LogP contribution in [0.3, 0.4) is 0 Å². The molecule has 0 spiro atoms. The molecule has 3 N–H and O–H groups in total. The molecule has 1 amide bonds. The van der Waals surface area contributed by atoms with Crippen LogP contribution in [0.15, 0.2) is 18.2 Å². The SMILES string of the molecule is Cl.O=C(CNCC1CC1)NCc1ccc(CO)c(F)c1. The summed E-state index contributed by atoms with van der Waals surface area (Å²) in [4.78, 5) is 11.5. The molecule has 20 heavy (non-hydrogen) atoms. The molecule has 1 fully saturated rings. The van der Waals surface area contributed by atoms with Crippen LogP contribution in [0.2, 0.25) is 0 Å². The molecule has 1 aromatic rings. The van der Waals surface area contributed by atoms with E-state index in [2.05, 4.69) is 10.6 Å². The number of hydrogen-bond acceptors (Lipinski definition) is 3. The van der Waals surface area contributed by atoms with Gasteiger partial charge >= 0.3 is 0 Å². The third-order valence-electron chi connectivity index (χ3n) is 3.19. The maximum Gasteiger partial charge on any atom is 0.234 e. The summed E-state index contributed by atoms with van der Waals surface area (Å²) in [7, 11) is 0. The summed E-state index contributed by atoms with van der Waals surface area (Å²) in [6.45, 7) is 1.18. The van der Waals surface area contributed by atoms with Gasteiger partial charge in [-0.2, -0.15) is 0 Å². The van der Waals surface area contributed by atoms with Gasteiger partial charge in [-0.3, -0.25) is 4.79 Å². The molecule has 0 unspecified atom stereocenters. The van der Waals surface area contributed by atoms with E-state index in [0.717, 1.165) is 12.5 Å². The van der Waals surface area contributed by atoms with Crippen LogP contribution in [-0.4, -0.2) is 24.1 Å². The molecule has 1 saturated carbocycles. The molecular weight excluding hydrogens is 283 g/mol. The number of nitrogens with one attached hydrogen (secondary N) is 2. The van der Waals surface area contributed by atoms with E-state index in [-0.39, 0.29) is 30.5 Å². The van der Waals surface area contributed by atoms with Gasteiger partial charge in [-0.05, 0) is 36.9 Å². The van der Waals surface area contributed by atoms with Gasteiger partial charge in [0.2, 0.25) is 5.91 Å². The first-order valence-electron chi connectivity index (χ1n) is 6.54. The Labute approximate surface area is 124 Å². The average Bonchev–Trinajstić information content (AvgIpc) is 3.20. The number of aliphatic hydroxyl groups is 1. The highest BCUT2D eigenvalue weighted by Gasteiger charge is 2.20. The first-order chi connectivity index (χ1) is 9.19. The van der Waals surface area contributed by atoms with Gasteiger partial charge in [0.15, 0.2) is 0 Å². The summed E-state index contributed by atoms with van der Waals surface area (Å²) in [6, 6.07) is 4.57. The molecule has 1 aliphatic carbocycles. The maximum atomic E-state index is 13.4. The highest BCUT2D eigenvalue weighted by molar-refractivity contribution is 5.85. The van der Waals surface area contributed by atoms with Crippen molar-refractivity contribution in [3.63, 3.8) is 0 Å². The zero-order chi connectivity index (χ0) is 13.7. The molecule has 6 heteroatoms. The lowest BCUT2D eigenvalue weighted by molar-refractivity contribution is -0.120. The van der Waals surface area contributed by atoms with Crippen molar-refractivity contribution in [3.05, 3.63) is 35.1 Å². The summed E-state index contributed by atoms with van der Waals surface area (Å²) in [5.74, 6) is 0.210. The lowest BCUT2D eigenvalue weighted by Gasteiger charge is -2.07. The van der Waals surface area contributed by atoms with Gasteiger partial charge in [-0.15, -0.1) is 12.4 Å². The Morgan fingerprint density at radius 1 is 1.40 bits per heavy atom. The normalized spacial score (nSPS) is 13.7. The molecule has 0 heterocycles. The first kappa shape index (κ1) is 16.9. The molecule has 0 bridgehead atoms. The Morgan fingerprint density at radius 2 is 2.15 bits per heavy atom. The number of hydrogen-bond donors (Lipinski definition) is 3. The molecule has 0 aromatic heterocycles. The van der Waals surface area contributed by atoms with Crippen molar-refractivity contribution in [2.45, 2.75) is 26.0 Å². The lowest BCUT2D eigenvalue weighted by atomic mass is 10.1. The Kier molecular flexibility index (Phi) is 6.91. The first-order valence-corrected chi connectivity index (χ1v) is 6.54. The number of halogens is 2. The van der Waals surface area contributed by atoms with Gasteiger partial charge in [0, 0.05) is 12.1 Å². The van der Waals surface area contributed by atoms with Crippen LogP contribution in [0.25, 0.3) is 0 Å². The van der Waals surface area contributed by atoms with E-state index in [1.54, 1.807) is 6.07 Å². The van der Waals surface area contributed by atoms with Gasteiger partial charge in [0.25, 0.3) is 0 Å². The standard InChI is InChI=1S/C14H19FN2O2.ClH/c15-13-5-11(3-4-12(13)9-18)7-17-14(19)8-16-6-10-1-2-10;/h3-5,10,16,18H,1-2,6-9H2,(H,17,19);1H. The van der Waals surface area contributed by atoms with E-state index in [1.165, 1.54) is 25.0 Å². The summed E-state index contributed by atoms with van der Waals surface area (Å²) >= 11 is 0. The third-order valence-corrected chi connectivity index (χ3v) is 3.19. The van der Waals surface area contributed by atoms with Crippen molar-refractivity contribution in [1.29, 1.82) is 0 Å². The zero-order valence-corrected chi connectivity index (χ0v) is 12.0.